The van der Waals surface area contributed by atoms with Crippen molar-refractivity contribution in [2.24, 2.45) is 5.92 Å². The fourth-order valence-corrected chi connectivity index (χ4v) is 5.36. The Balaban J connectivity index is 1.58. The zero-order valence-electron chi connectivity index (χ0n) is 16.6. The number of esters is 1. The first-order chi connectivity index (χ1) is 13.6. The average molecular weight is 387 g/mol. The van der Waals surface area contributed by atoms with Crippen LogP contribution >= 0.6 is 0 Å². The van der Waals surface area contributed by atoms with Gasteiger partial charge in [0.05, 0.1) is 19.8 Å². The smallest absolute Gasteiger partial charge is 0.325 e. The molecule has 2 amide bonds. The van der Waals surface area contributed by atoms with E-state index in [2.05, 4.69) is 16.3 Å². The molecule has 4 fully saturated rings. The maximum atomic E-state index is 13.0. The number of rotatable bonds is 5. The van der Waals surface area contributed by atoms with E-state index in [1.54, 1.807) is 14.0 Å². The molecular weight excluding hydrogens is 358 g/mol. The molecule has 7 heteroatoms. The zero-order chi connectivity index (χ0) is 19.7. The van der Waals surface area contributed by atoms with Crippen LogP contribution in [-0.4, -0.2) is 73.8 Å². The van der Waals surface area contributed by atoms with E-state index < -0.39 is 5.97 Å². The van der Waals surface area contributed by atoms with Gasteiger partial charge in [0, 0.05) is 24.1 Å². The lowest BCUT2D eigenvalue weighted by Gasteiger charge is -2.51. The quantitative estimate of drug-likeness (QED) is 0.781. The van der Waals surface area contributed by atoms with Crippen molar-refractivity contribution in [3.8, 4) is 5.75 Å². The Morgan fingerprint density at radius 3 is 2.64 bits per heavy atom. The minimum Gasteiger partial charge on any atom is -0.496 e. The zero-order valence-corrected chi connectivity index (χ0v) is 16.6. The lowest BCUT2D eigenvalue weighted by atomic mass is 9.75. The van der Waals surface area contributed by atoms with E-state index in [9.17, 15) is 9.59 Å². The molecule has 152 valence electrons. The van der Waals surface area contributed by atoms with Crippen LogP contribution in [-0.2, 0) is 9.53 Å². The fourth-order valence-electron chi connectivity index (χ4n) is 5.36. The summed E-state index contributed by atoms with van der Waals surface area (Å²) in [7, 11) is 1.70. The molecule has 4 aliphatic heterocycles. The van der Waals surface area contributed by atoms with Gasteiger partial charge in [-0.25, -0.2) is 4.79 Å². The maximum absolute atomic E-state index is 13.0. The SMILES string of the molecule is CCOC(=O)CNC(=O)N1C[C@@H](c2ccccc2OC)[C@@H]2[C@H]1C1CCN2CC1. The van der Waals surface area contributed by atoms with Gasteiger partial charge in [0.25, 0.3) is 0 Å². The highest BCUT2D eigenvalue weighted by molar-refractivity contribution is 5.81. The number of amides is 2. The molecule has 4 aliphatic rings. The van der Waals surface area contributed by atoms with Crippen molar-refractivity contribution in [1.82, 2.24) is 15.1 Å². The largest absolute Gasteiger partial charge is 0.496 e. The standard InChI is InChI=1S/C21H29N3O4/c1-3-28-18(25)12-22-21(26)24-13-16(15-6-4-5-7-17(15)27-2)20-19(24)14-8-10-23(20)11-9-14/h4-7,14,16,19-20H,3,8-13H2,1-2H3,(H,22,26)/t16-,19+,20+/m0/s1. The van der Waals surface area contributed by atoms with E-state index in [-0.39, 0.29) is 24.5 Å². The molecule has 0 unspecified atom stereocenters. The van der Waals surface area contributed by atoms with Crippen LogP contribution in [0.4, 0.5) is 4.79 Å². The van der Waals surface area contributed by atoms with Crippen LogP contribution < -0.4 is 10.1 Å². The van der Waals surface area contributed by atoms with Crippen LogP contribution in [0.3, 0.4) is 0 Å². The summed E-state index contributed by atoms with van der Waals surface area (Å²) in [6, 6.07) is 8.43. The molecule has 3 atom stereocenters. The third-order valence-corrected chi connectivity index (χ3v) is 6.48. The lowest BCUT2D eigenvalue weighted by Crippen LogP contribution is -2.61. The van der Waals surface area contributed by atoms with E-state index in [4.69, 9.17) is 9.47 Å². The second-order valence-electron chi connectivity index (χ2n) is 7.82. The summed E-state index contributed by atoms with van der Waals surface area (Å²) in [6.07, 6.45) is 2.25. The summed E-state index contributed by atoms with van der Waals surface area (Å²) in [5.74, 6) is 1.20. The average Bonchev–Trinajstić information content (AvgIpc) is 3.16. The summed E-state index contributed by atoms with van der Waals surface area (Å²) < 4.78 is 10.6. The van der Waals surface area contributed by atoms with Crippen LogP contribution in [0.25, 0.3) is 0 Å². The van der Waals surface area contributed by atoms with Crippen LogP contribution in [0.15, 0.2) is 24.3 Å². The number of likely N-dealkylation sites (tertiary alicyclic amines) is 1. The highest BCUT2D eigenvalue weighted by Gasteiger charge is 2.55. The molecule has 0 radical (unpaired) electrons. The maximum Gasteiger partial charge on any atom is 0.325 e. The number of methoxy groups -OCH3 is 1. The molecule has 0 spiro atoms. The first-order valence-electron chi connectivity index (χ1n) is 10.2. The van der Waals surface area contributed by atoms with Gasteiger partial charge in [-0.15, -0.1) is 0 Å². The monoisotopic (exact) mass is 387 g/mol. The molecule has 4 saturated heterocycles. The van der Waals surface area contributed by atoms with Gasteiger partial charge >= 0.3 is 12.0 Å². The van der Waals surface area contributed by atoms with E-state index in [1.807, 2.05) is 23.1 Å². The van der Waals surface area contributed by atoms with Crippen molar-refractivity contribution in [1.29, 1.82) is 0 Å². The molecular formula is C21H29N3O4. The van der Waals surface area contributed by atoms with Gasteiger partial charge < -0.3 is 19.7 Å². The van der Waals surface area contributed by atoms with Gasteiger partial charge in [-0.2, -0.15) is 0 Å². The van der Waals surface area contributed by atoms with E-state index in [1.165, 1.54) is 0 Å². The molecule has 0 aliphatic carbocycles. The van der Waals surface area contributed by atoms with Gasteiger partial charge in [-0.3, -0.25) is 9.69 Å². The summed E-state index contributed by atoms with van der Waals surface area (Å²) in [5, 5.41) is 2.77. The molecule has 1 N–H and O–H groups in total. The van der Waals surface area contributed by atoms with Crippen molar-refractivity contribution in [2.75, 3.05) is 39.9 Å². The summed E-state index contributed by atoms with van der Waals surface area (Å²) in [5.41, 5.74) is 1.16. The van der Waals surface area contributed by atoms with Gasteiger partial charge in [0.1, 0.15) is 12.3 Å². The first kappa shape index (κ1) is 19.1. The number of nitrogens with zero attached hydrogens (tertiary/aromatic N) is 2. The van der Waals surface area contributed by atoms with Gasteiger partial charge in [-0.1, -0.05) is 18.2 Å². The number of para-hydroxylation sites is 1. The Hall–Kier alpha value is -2.28. The Bertz CT molecular complexity index is 732. The Morgan fingerprint density at radius 1 is 1.18 bits per heavy atom. The highest BCUT2D eigenvalue weighted by atomic mass is 16.5. The van der Waals surface area contributed by atoms with Crippen LogP contribution in [0.1, 0.15) is 31.2 Å². The third kappa shape index (κ3) is 3.32. The van der Waals surface area contributed by atoms with Crippen LogP contribution in [0, 0.1) is 5.92 Å². The number of nitrogens with one attached hydrogen (secondary N) is 1. The number of benzene rings is 1. The molecule has 0 aromatic heterocycles. The van der Waals surface area contributed by atoms with Crippen LogP contribution in [0.5, 0.6) is 5.75 Å². The number of piperidine rings is 3. The van der Waals surface area contributed by atoms with E-state index in [0.717, 1.165) is 37.2 Å². The predicted octanol–water partition coefficient (Wildman–Crippen LogP) is 1.83. The van der Waals surface area contributed by atoms with Gasteiger partial charge in [0.15, 0.2) is 0 Å². The topological polar surface area (TPSA) is 71.1 Å². The lowest BCUT2D eigenvalue weighted by molar-refractivity contribution is -0.141. The molecule has 28 heavy (non-hydrogen) atoms. The minimum absolute atomic E-state index is 0.0890. The van der Waals surface area contributed by atoms with E-state index >= 15 is 0 Å². The number of hydrogen-bond donors (Lipinski definition) is 1. The van der Waals surface area contributed by atoms with Gasteiger partial charge in [-0.05, 0) is 44.8 Å². The molecule has 4 heterocycles. The van der Waals surface area contributed by atoms with Crippen molar-refractivity contribution < 1.29 is 19.1 Å². The molecule has 2 bridgehead atoms. The number of ether oxygens (including phenoxy) is 2. The second kappa shape index (κ2) is 7.99. The van der Waals surface area contributed by atoms with Crippen molar-refractivity contribution in [3.63, 3.8) is 0 Å². The summed E-state index contributed by atoms with van der Waals surface area (Å²) >= 11 is 0. The van der Waals surface area contributed by atoms with Crippen molar-refractivity contribution in [2.45, 2.75) is 37.8 Å². The number of hydrogen-bond acceptors (Lipinski definition) is 5. The highest BCUT2D eigenvalue weighted by Crippen LogP contribution is 2.48. The van der Waals surface area contributed by atoms with E-state index in [0.29, 0.717) is 25.1 Å². The fraction of sp³-hybridized carbons (Fsp3) is 0.619. The number of urea groups is 1. The number of carbonyl (C=O) groups is 2. The minimum atomic E-state index is -0.401. The van der Waals surface area contributed by atoms with Crippen LogP contribution in [0.2, 0.25) is 0 Å². The number of carbonyl (C=O) groups excluding carboxylic acids is 2. The second-order valence-corrected chi connectivity index (χ2v) is 7.82. The summed E-state index contributed by atoms with van der Waals surface area (Å²) in [6.45, 7) is 4.81. The Morgan fingerprint density at radius 2 is 1.93 bits per heavy atom. The Kier molecular flexibility index (Phi) is 5.44. The predicted molar refractivity (Wildman–Crippen MR) is 104 cm³/mol. The molecule has 1 aromatic rings. The number of fused-ring (bicyclic) bond motifs is 2. The molecule has 5 rings (SSSR count). The van der Waals surface area contributed by atoms with Gasteiger partial charge in [0.2, 0.25) is 0 Å². The molecule has 7 nitrogen and oxygen atoms in total. The third-order valence-electron chi connectivity index (χ3n) is 6.48. The normalized spacial score (nSPS) is 30.6. The first-order valence-corrected chi connectivity index (χ1v) is 10.2. The Labute approximate surface area is 166 Å². The summed E-state index contributed by atoms with van der Waals surface area (Å²) in [4.78, 5) is 29.1. The van der Waals surface area contributed by atoms with Crippen molar-refractivity contribution in [3.05, 3.63) is 29.8 Å². The molecule has 1 aromatic carbocycles. The van der Waals surface area contributed by atoms with Crippen molar-refractivity contribution >= 4 is 12.0 Å². The molecule has 0 saturated carbocycles.